The predicted octanol–water partition coefficient (Wildman–Crippen LogP) is 4.32. The van der Waals surface area contributed by atoms with Crippen LogP contribution in [0.2, 0.25) is 0 Å². The molecule has 0 unspecified atom stereocenters. The van der Waals surface area contributed by atoms with E-state index in [0.717, 1.165) is 21.3 Å². The Kier molecular flexibility index (Phi) is 6.74. The lowest BCUT2D eigenvalue weighted by Crippen LogP contribution is -2.30. The number of ether oxygens (including phenoxy) is 2. The maximum atomic E-state index is 12.5. The summed E-state index contributed by atoms with van der Waals surface area (Å²) in [5, 5.41) is 8.88. The minimum Gasteiger partial charge on any atom is -0.497 e. The van der Waals surface area contributed by atoms with Gasteiger partial charge in [0, 0.05) is 10.0 Å². The molecular weight excluding hydrogens is 442 g/mol. The van der Waals surface area contributed by atoms with Gasteiger partial charge in [0.15, 0.2) is 5.17 Å². The Morgan fingerprint density at radius 1 is 1.18 bits per heavy atom. The van der Waals surface area contributed by atoms with Crippen molar-refractivity contribution in [1.82, 2.24) is 4.90 Å². The zero-order valence-corrected chi connectivity index (χ0v) is 18.2. The number of nitrogens with zero attached hydrogens (tertiary/aromatic N) is 3. The third-order valence-corrected chi connectivity index (χ3v) is 5.72. The van der Waals surface area contributed by atoms with E-state index in [4.69, 9.17) is 9.47 Å². The van der Waals surface area contributed by atoms with E-state index in [1.807, 2.05) is 49.4 Å². The first kappa shape index (κ1) is 20.4. The van der Waals surface area contributed by atoms with E-state index in [2.05, 4.69) is 26.1 Å². The van der Waals surface area contributed by atoms with Crippen LogP contribution in [0.25, 0.3) is 0 Å². The highest BCUT2D eigenvalue weighted by molar-refractivity contribution is 9.10. The van der Waals surface area contributed by atoms with Gasteiger partial charge in [-0.2, -0.15) is 5.10 Å². The third kappa shape index (κ3) is 4.74. The van der Waals surface area contributed by atoms with E-state index >= 15 is 0 Å². The van der Waals surface area contributed by atoms with Crippen LogP contribution in [-0.2, 0) is 11.3 Å². The van der Waals surface area contributed by atoms with Crippen molar-refractivity contribution in [2.45, 2.75) is 18.7 Å². The zero-order chi connectivity index (χ0) is 20.1. The molecule has 28 heavy (non-hydrogen) atoms. The SMILES string of the molecule is COc1ccc(CN2C(=O)[C@@H](C)S/C2=N/N=C\c2cc(Br)ccc2OC)cc1. The summed E-state index contributed by atoms with van der Waals surface area (Å²) >= 11 is 4.84. The normalized spacial score (nSPS) is 18.3. The number of amides is 1. The van der Waals surface area contributed by atoms with Gasteiger partial charge in [-0.3, -0.25) is 9.69 Å². The average molecular weight is 462 g/mol. The lowest BCUT2D eigenvalue weighted by atomic mass is 10.2. The lowest BCUT2D eigenvalue weighted by Gasteiger charge is -2.15. The Morgan fingerprint density at radius 3 is 2.61 bits per heavy atom. The van der Waals surface area contributed by atoms with Crippen molar-refractivity contribution in [2.75, 3.05) is 14.2 Å². The molecule has 1 aliphatic rings. The number of hydrogen-bond donors (Lipinski definition) is 0. The van der Waals surface area contributed by atoms with Crippen molar-refractivity contribution in [3.63, 3.8) is 0 Å². The van der Waals surface area contributed by atoms with Crippen LogP contribution in [0, 0.1) is 0 Å². The molecule has 0 aliphatic carbocycles. The molecular formula is C20H20BrN3O3S. The van der Waals surface area contributed by atoms with Gasteiger partial charge >= 0.3 is 0 Å². The molecule has 0 aromatic heterocycles. The van der Waals surface area contributed by atoms with Gasteiger partial charge in [0.05, 0.1) is 32.2 Å². The molecule has 1 aliphatic heterocycles. The number of benzene rings is 2. The van der Waals surface area contributed by atoms with Crippen molar-refractivity contribution >= 4 is 45.0 Å². The van der Waals surface area contributed by atoms with E-state index in [1.165, 1.54) is 11.8 Å². The van der Waals surface area contributed by atoms with Gasteiger partial charge in [-0.25, -0.2) is 0 Å². The fourth-order valence-electron chi connectivity index (χ4n) is 2.67. The first-order chi connectivity index (χ1) is 13.5. The molecule has 0 saturated carbocycles. The fourth-order valence-corrected chi connectivity index (χ4v) is 3.97. The molecule has 0 radical (unpaired) electrons. The molecule has 6 nitrogen and oxygen atoms in total. The Balaban J connectivity index is 1.80. The van der Waals surface area contributed by atoms with Crippen molar-refractivity contribution in [1.29, 1.82) is 0 Å². The maximum Gasteiger partial charge on any atom is 0.242 e. The van der Waals surface area contributed by atoms with Crippen LogP contribution in [0.4, 0.5) is 0 Å². The molecule has 2 aromatic rings. The van der Waals surface area contributed by atoms with Crippen molar-refractivity contribution in [2.24, 2.45) is 10.2 Å². The molecule has 1 amide bonds. The number of thioether (sulfide) groups is 1. The first-order valence-electron chi connectivity index (χ1n) is 8.57. The summed E-state index contributed by atoms with van der Waals surface area (Å²) in [5.74, 6) is 1.50. The minimum absolute atomic E-state index is 0.0230. The lowest BCUT2D eigenvalue weighted by molar-refractivity contribution is -0.126. The summed E-state index contributed by atoms with van der Waals surface area (Å²) in [6.07, 6.45) is 1.62. The smallest absolute Gasteiger partial charge is 0.242 e. The van der Waals surface area contributed by atoms with Gasteiger partial charge in [0.25, 0.3) is 0 Å². The Bertz CT molecular complexity index is 915. The summed E-state index contributed by atoms with van der Waals surface area (Å²) in [7, 11) is 3.23. The molecule has 8 heteroatoms. The molecule has 2 aromatic carbocycles. The van der Waals surface area contributed by atoms with E-state index in [9.17, 15) is 4.79 Å². The number of amidine groups is 1. The van der Waals surface area contributed by atoms with Crippen LogP contribution >= 0.6 is 27.7 Å². The van der Waals surface area contributed by atoms with Crippen molar-refractivity contribution in [3.05, 3.63) is 58.1 Å². The quantitative estimate of drug-likeness (QED) is 0.474. The van der Waals surface area contributed by atoms with Crippen LogP contribution in [0.15, 0.2) is 57.1 Å². The van der Waals surface area contributed by atoms with Crippen molar-refractivity contribution in [3.8, 4) is 11.5 Å². The molecule has 0 spiro atoms. The summed E-state index contributed by atoms with van der Waals surface area (Å²) < 4.78 is 11.4. The predicted molar refractivity (Wildman–Crippen MR) is 116 cm³/mol. The van der Waals surface area contributed by atoms with Gasteiger partial charge in [-0.15, -0.1) is 5.10 Å². The van der Waals surface area contributed by atoms with Gasteiger partial charge < -0.3 is 9.47 Å². The monoisotopic (exact) mass is 461 g/mol. The third-order valence-electron chi connectivity index (χ3n) is 4.16. The largest absolute Gasteiger partial charge is 0.497 e. The van der Waals surface area contributed by atoms with Crippen LogP contribution in [0.3, 0.4) is 0 Å². The van der Waals surface area contributed by atoms with E-state index in [0.29, 0.717) is 17.5 Å². The molecule has 0 N–H and O–H groups in total. The summed E-state index contributed by atoms with van der Waals surface area (Å²) in [6.45, 7) is 2.31. The Hall–Kier alpha value is -2.32. The van der Waals surface area contributed by atoms with E-state index in [1.54, 1.807) is 25.3 Å². The number of carbonyl (C=O) groups is 1. The van der Waals surface area contributed by atoms with Crippen LogP contribution in [0.1, 0.15) is 18.1 Å². The maximum absolute atomic E-state index is 12.5. The number of methoxy groups -OCH3 is 2. The van der Waals surface area contributed by atoms with Gasteiger partial charge in [0.1, 0.15) is 11.5 Å². The second kappa shape index (κ2) is 9.25. The highest BCUT2D eigenvalue weighted by atomic mass is 79.9. The van der Waals surface area contributed by atoms with Gasteiger partial charge in [-0.05, 0) is 42.8 Å². The summed E-state index contributed by atoms with van der Waals surface area (Å²) in [6, 6.07) is 13.3. The first-order valence-corrected chi connectivity index (χ1v) is 10.2. The molecule has 1 heterocycles. The molecule has 1 fully saturated rings. The van der Waals surface area contributed by atoms with E-state index in [-0.39, 0.29) is 11.2 Å². The zero-order valence-electron chi connectivity index (χ0n) is 15.8. The van der Waals surface area contributed by atoms with E-state index < -0.39 is 0 Å². The highest BCUT2D eigenvalue weighted by Crippen LogP contribution is 2.29. The van der Waals surface area contributed by atoms with Crippen LogP contribution in [-0.4, -0.2) is 41.7 Å². The average Bonchev–Trinajstić information content (AvgIpc) is 2.96. The standard InChI is InChI=1S/C20H20BrN3O3S/c1-13-19(25)24(12-14-4-7-17(26-2)8-5-14)20(28-13)23-22-11-15-10-16(21)6-9-18(15)27-3/h4-11,13H,12H2,1-3H3/b22-11-,23-20+/t13-/m1/s1. The van der Waals surface area contributed by atoms with Crippen LogP contribution in [0.5, 0.6) is 11.5 Å². The number of hydrogen-bond acceptors (Lipinski definition) is 6. The molecule has 1 atom stereocenters. The number of carbonyl (C=O) groups excluding carboxylic acids is 1. The summed E-state index contributed by atoms with van der Waals surface area (Å²) in [5.41, 5.74) is 1.79. The van der Waals surface area contributed by atoms with Gasteiger partial charge in [-0.1, -0.05) is 39.8 Å². The fraction of sp³-hybridized carbons (Fsp3) is 0.250. The molecule has 146 valence electrons. The highest BCUT2D eigenvalue weighted by Gasteiger charge is 2.35. The van der Waals surface area contributed by atoms with Crippen molar-refractivity contribution < 1.29 is 14.3 Å². The number of rotatable bonds is 6. The molecule has 3 rings (SSSR count). The van der Waals surface area contributed by atoms with Gasteiger partial charge in [0.2, 0.25) is 5.91 Å². The topological polar surface area (TPSA) is 63.5 Å². The second-order valence-corrected chi connectivity index (χ2v) is 8.27. The Labute approximate surface area is 176 Å². The summed E-state index contributed by atoms with van der Waals surface area (Å²) in [4.78, 5) is 14.2. The minimum atomic E-state index is -0.187. The number of halogens is 1. The Morgan fingerprint density at radius 2 is 1.93 bits per heavy atom. The molecule has 1 saturated heterocycles. The molecule has 0 bridgehead atoms. The van der Waals surface area contributed by atoms with Crippen LogP contribution < -0.4 is 9.47 Å². The second-order valence-electron chi connectivity index (χ2n) is 6.05.